The van der Waals surface area contributed by atoms with Crippen molar-refractivity contribution in [2.24, 2.45) is 0 Å². The van der Waals surface area contributed by atoms with Crippen LogP contribution in [0.5, 0.6) is 11.5 Å². The van der Waals surface area contributed by atoms with E-state index < -0.39 is 12.1 Å². The zero-order valence-corrected chi connectivity index (χ0v) is 7.08. The number of hydrogen-bond donors (Lipinski definition) is 2. The van der Waals surface area contributed by atoms with Gasteiger partial charge in [0.25, 0.3) is 0 Å². The molecule has 1 atom stereocenters. The first-order valence-electron chi connectivity index (χ1n) is 3.77. The number of carboxylic acids is 1. The summed E-state index contributed by atoms with van der Waals surface area (Å²) < 4.78 is 4.80. The van der Waals surface area contributed by atoms with Crippen LogP contribution in [-0.2, 0) is 9.59 Å². The van der Waals surface area contributed by atoms with E-state index in [4.69, 9.17) is 14.9 Å². The SMILES string of the molecule is O=CC(Oc1ccc(O)cc1)C(=O)O. The number of rotatable bonds is 4. The van der Waals surface area contributed by atoms with Crippen LogP contribution in [0, 0.1) is 0 Å². The van der Waals surface area contributed by atoms with E-state index in [0.29, 0.717) is 0 Å². The molecule has 0 amide bonds. The van der Waals surface area contributed by atoms with E-state index in [9.17, 15) is 9.59 Å². The molecule has 0 saturated carbocycles. The molecule has 14 heavy (non-hydrogen) atoms. The fourth-order valence-corrected chi connectivity index (χ4v) is 0.808. The van der Waals surface area contributed by atoms with Crippen molar-refractivity contribution in [3.8, 4) is 11.5 Å². The molecule has 2 N–H and O–H groups in total. The summed E-state index contributed by atoms with van der Waals surface area (Å²) in [6.45, 7) is 0. The molecule has 1 aromatic carbocycles. The maximum Gasteiger partial charge on any atom is 0.352 e. The van der Waals surface area contributed by atoms with Gasteiger partial charge >= 0.3 is 5.97 Å². The maximum absolute atomic E-state index is 10.4. The summed E-state index contributed by atoms with van der Waals surface area (Å²) in [4.78, 5) is 20.7. The largest absolute Gasteiger partial charge is 0.508 e. The first-order valence-corrected chi connectivity index (χ1v) is 3.77. The number of phenols is 1. The maximum atomic E-state index is 10.4. The molecule has 0 fully saturated rings. The number of aromatic hydroxyl groups is 1. The molecular weight excluding hydrogens is 188 g/mol. The molecule has 74 valence electrons. The van der Waals surface area contributed by atoms with Gasteiger partial charge in [0.2, 0.25) is 6.10 Å². The second-order valence-corrected chi connectivity index (χ2v) is 2.51. The van der Waals surface area contributed by atoms with E-state index in [1.807, 2.05) is 0 Å². The van der Waals surface area contributed by atoms with Crippen molar-refractivity contribution in [2.75, 3.05) is 0 Å². The Morgan fingerprint density at radius 1 is 1.36 bits per heavy atom. The van der Waals surface area contributed by atoms with Crippen molar-refractivity contribution < 1.29 is 24.5 Å². The summed E-state index contributed by atoms with van der Waals surface area (Å²) in [5, 5.41) is 17.4. The van der Waals surface area contributed by atoms with E-state index in [-0.39, 0.29) is 17.8 Å². The number of carbonyl (C=O) groups excluding carboxylic acids is 1. The van der Waals surface area contributed by atoms with Gasteiger partial charge in [-0.3, -0.25) is 4.79 Å². The number of carbonyl (C=O) groups is 2. The first kappa shape index (κ1) is 10.0. The van der Waals surface area contributed by atoms with Crippen LogP contribution in [0.3, 0.4) is 0 Å². The third kappa shape index (κ3) is 2.48. The van der Waals surface area contributed by atoms with Gasteiger partial charge in [-0.15, -0.1) is 0 Å². The van der Waals surface area contributed by atoms with E-state index >= 15 is 0 Å². The highest BCUT2D eigenvalue weighted by Gasteiger charge is 2.17. The van der Waals surface area contributed by atoms with Crippen molar-refractivity contribution in [3.05, 3.63) is 24.3 Å². The molecular formula is C9H8O5. The zero-order valence-electron chi connectivity index (χ0n) is 7.08. The molecule has 0 radical (unpaired) electrons. The van der Waals surface area contributed by atoms with Gasteiger partial charge in [0, 0.05) is 0 Å². The molecule has 1 aromatic rings. The van der Waals surface area contributed by atoms with E-state index in [1.54, 1.807) is 0 Å². The van der Waals surface area contributed by atoms with E-state index in [1.165, 1.54) is 24.3 Å². The fraction of sp³-hybridized carbons (Fsp3) is 0.111. The highest BCUT2D eigenvalue weighted by molar-refractivity contribution is 5.89. The lowest BCUT2D eigenvalue weighted by Crippen LogP contribution is -2.28. The predicted octanol–water partition coefficient (Wildman–Crippen LogP) is 0.423. The van der Waals surface area contributed by atoms with Crippen LogP contribution < -0.4 is 4.74 Å². The molecule has 0 heterocycles. The smallest absolute Gasteiger partial charge is 0.352 e. The Kier molecular flexibility index (Phi) is 3.06. The lowest BCUT2D eigenvalue weighted by atomic mass is 10.3. The summed E-state index contributed by atoms with van der Waals surface area (Å²) in [6.07, 6.45) is -1.32. The number of benzene rings is 1. The van der Waals surface area contributed by atoms with Crippen LogP contribution in [0.15, 0.2) is 24.3 Å². The monoisotopic (exact) mass is 196 g/mol. The van der Waals surface area contributed by atoms with Gasteiger partial charge in [-0.25, -0.2) is 4.79 Å². The standard InChI is InChI=1S/C9H8O5/c10-5-8(9(12)13)14-7-3-1-6(11)2-4-7/h1-5,8,11H,(H,12,13). The second kappa shape index (κ2) is 4.27. The number of hydrogen-bond acceptors (Lipinski definition) is 4. The molecule has 0 aliphatic rings. The van der Waals surface area contributed by atoms with Gasteiger partial charge in [0.1, 0.15) is 11.5 Å². The molecule has 1 unspecified atom stereocenters. The van der Waals surface area contributed by atoms with Crippen LogP contribution in [0.2, 0.25) is 0 Å². The number of carboxylic acid groups (broad SMARTS) is 1. The van der Waals surface area contributed by atoms with E-state index in [2.05, 4.69) is 0 Å². The zero-order chi connectivity index (χ0) is 10.6. The number of aliphatic carboxylic acids is 1. The highest BCUT2D eigenvalue weighted by Crippen LogP contribution is 2.16. The van der Waals surface area contributed by atoms with Crippen molar-refractivity contribution >= 4 is 12.3 Å². The molecule has 5 heteroatoms. The van der Waals surface area contributed by atoms with Crippen LogP contribution in [0.1, 0.15) is 0 Å². The third-order valence-electron chi connectivity index (χ3n) is 1.47. The second-order valence-electron chi connectivity index (χ2n) is 2.51. The lowest BCUT2D eigenvalue weighted by molar-refractivity contribution is -0.147. The summed E-state index contributed by atoms with van der Waals surface area (Å²) >= 11 is 0. The molecule has 0 aromatic heterocycles. The van der Waals surface area contributed by atoms with Crippen molar-refractivity contribution in [2.45, 2.75) is 6.10 Å². The Balaban J connectivity index is 2.72. The lowest BCUT2D eigenvalue weighted by Gasteiger charge is -2.08. The minimum Gasteiger partial charge on any atom is -0.508 e. The molecule has 5 nitrogen and oxygen atoms in total. The van der Waals surface area contributed by atoms with Gasteiger partial charge in [-0.2, -0.15) is 0 Å². The van der Waals surface area contributed by atoms with Gasteiger partial charge in [0.15, 0.2) is 6.29 Å². The summed E-state index contributed by atoms with van der Waals surface area (Å²) in [5.74, 6) is -1.11. The van der Waals surface area contributed by atoms with Crippen molar-refractivity contribution in [3.63, 3.8) is 0 Å². The Bertz CT molecular complexity index is 330. The molecule has 0 saturated heterocycles. The van der Waals surface area contributed by atoms with E-state index in [0.717, 1.165) is 0 Å². The molecule has 1 rings (SSSR count). The Morgan fingerprint density at radius 2 is 1.93 bits per heavy atom. The third-order valence-corrected chi connectivity index (χ3v) is 1.47. The first-order chi connectivity index (χ1) is 6.63. The topological polar surface area (TPSA) is 83.8 Å². The highest BCUT2D eigenvalue weighted by atomic mass is 16.5. The van der Waals surface area contributed by atoms with Crippen LogP contribution in [-0.4, -0.2) is 28.6 Å². The predicted molar refractivity (Wildman–Crippen MR) is 46.2 cm³/mol. The molecule has 0 spiro atoms. The Labute approximate surface area is 79.6 Å². The van der Waals surface area contributed by atoms with Gasteiger partial charge in [0.05, 0.1) is 0 Å². The van der Waals surface area contributed by atoms with Crippen molar-refractivity contribution in [1.82, 2.24) is 0 Å². The fourth-order valence-electron chi connectivity index (χ4n) is 0.808. The number of phenolic OH excluding ortho intramolecular Hbond substituents is 1. The summed E-state index contributed by atoms with van der Waals surface area (Å²) in [6, 6.07) is 5.40. The minimum atomic E-state index is -1.51. The average Bonchev–Trinajstić information content (AvgIpc) is 2.16. The quantitative estimate of drug-likeness (QED) is 0.538. The van der Waals surface area contributed by atoms with Crippen LogP contribution >= 0.6 is 0 Å². The van der Waals surface area contributed by atoms with Gasteiger partial charge in [-0.1, -0.05) is 0 Å². The van der Waals surface area contributed by atoms with Gasteiger partial charge in [-0.05, 0) is 24.3 Å². The van der Waals surface area contributed by atoms with Crippen LogP contribution in [0.4, 0.5) is 0 Å². The molecule has 0 bridgehead atoms. The van der Waals surface area contributed by atoms with Crippen molar-refractivity contribution in [1.29, 1.82) is 0 Å². The number of aldehydes is 1. The van der Waals surface area contributed by atoms with Crippen LogP contribution in [0.25, 0.3) is 0 Å². The molecule has 0 aliphatic carbocycles. The minimum absolute atomic E-state index is 0.0373. The summed E-state index contributed by atoms with van der Waals surface area (Å²) in [7, 11) is 0. The molecule has 0 aliphatic heterocycles. The summed E-state index contributed by atoms with van der Waals surface area (Å²) in [5.41, 5.74) is 0. The normalized spacial score (nSPS) is 11.7. The van der Waals surface area contributed by atoms with Gasteiger partial charge < -0.3 is 14.9 Å². The Morgan fingerprint density at radius 3 is 2.36 bits per heavy atom. The Hall–Kier alpha value is -2.04. The number of ether oxygens (including phenoxy) is 1. The average molecular weight is 196 g/mol.